The smallest absolute Gasteiger partial charge is 0.272 e. The molecule has 132 valence electrons. The van der Waals surface area contributed by atoms with Crippen LogP contribution in [0.5, 0.6) is 0 Å². The number of nitrogens with zero attached hydrogens (tertiary/aromatic N) is 4. The Bertz CT molecular complexity index is 648. The largest absolute Gasteiger partial charge is 0.333 e. The van der Waals surface area contributed by atoms with Crippen molar-refractivity contribution in [3.05, 3.63) is 42.5 Å². The van der Waals surface area contributed by atoms with E-state index < -0.39 is 0 Å². The monoisotopic (exact) mass is 371 g/mol. The van der Waals surface area contributed by atoms with E-state index in [0.29, 0.717) is 5.69 Å². The molecule has 1 aliphatic heterocycles. The average molecular weight is 372 g/mol. The van der Waals surface area contributed by atoms with Crippen molar-refractivity contribution < 1.29 is 4.79 Å². The van der Waals surface area contributed by atoms with E-state index in [-0.39, 0.29) is 42.8 Å². The fraction of sp³-hybridized carbons (Fsp3) is 0.438. The summed E-state index contributed by atoms with van der Waals surface area (Å²) in [5.41, 5.74) is 7.33. The number of piperidine rings is 1. The quantitative estimate of drug-likeness (QED) is 0.898. The lowest BCUT2D eigenvalue weighted by atomic mass is 9.96. The van der Waals surface area contributed by atoms with E-state index in [1.807, 2.05) is 30.2 Å². The molecule has 24 heavy (non-hydrogen) atoms. The lowest BCUT2D eigenvalue weighted by molar-refractivity contribution is 0.0577. The van der Waals surface area contributed by atoms with Gasteiger partial charge in [0.25, 0.3) is 5.91 Å². The predicted octanol–water partition coefficient (Wildman–Crippen LogP) is 2.45. The lowest BCUT2D eigenvalue weighted by Gasteiger charge is -2.37. The SMILES string of the molecule is CC(N)C1CCCCN1C(=O)c1cc(-n2cccn2)ccn1.Cl.Cl. The standard InChI is InChI=1S/C16H21N5O.2ClH/c1-12(17)15-5-2-3-9-20(15)16(22)14-11-13(6-8-18-14)21-10-4-7-19-21;;/h4,6-8,10-12,15H,2-3,5,9,17H2,1H3;2*1H. The predicted molar refractivity (Wildman–Crippen MR) is 98.2 cm³/mol. The van der Waals surface area contributed by atoms with Crippen LogP contribution in [0.15, 0.2) is 36.8 Å². The van der Waals surface area contributed by atoms with Gasteiger partial charge >= 0.3 is 0 Å². The fourth-order valence-corrected chi connectivity index (χ4v) is 3.00. The maximum Gasteiger partial charge on any atom is 0.272 e. The zero-order chi connectivity index (χ0) is 15.5. The summed E-state index contributed by atoms with van der Waals surface area (Å²) in [7, 11) is 0. The molecule has 2 unspecified atom stereocenters. The minimum Gasteiger partial charge on any atom is -0.333 e. The fourth-order valence-electron chi connectivity index (χ4n) is 3.00. The Morgan fingerprint density at radius 1 is 1.33 bits per heavy atom. The van der Waals surface area contributed by atoms with Gasteiger partial charge in [-0.25, -0.2) is 4.68 Å². The molecule has 2 atom stereocenters. The molecule has 0 aliphatic carbocycles. The van der Waals surface area contributed by atoms with Crippen LogP contribution in [-0.2, 0) is 0 Å². The van der Waals surface area contributed by atoms with E-state index in [0.717, 1.165) is 31.5 Å². The van der Waals surface area contributed by atoms with Gasteiger partial charge in [0.1, 0.15) is 5.69 Å². The molecule has 3 rings (SSSR count). The normalized spacial score (nSPS) is 18.2. The number of hydrogen-bond acceptors (Lipinski definition) is 4. The van der Waals surface area contributed by atoms with Crippen molar-refractivity contribution in [2.24, 2.45) is 5.73 Å². The van der Waals surface area contributed by atoms with Crippen LogP contribution in [0.3, 0.4) is 0 Å². The Balaban J connectivity index is 0.00000144. The molecule has 0 saturated carbocycles. The second-order valence-electron chi connectivity index (χ2n) is 5.77. The van der Waals surface area contributed by atoms with Gasteiger partial charge in [-0.05, 0) is 44.4 Å². The van der Waals surface area contributed by atoms with E-state index >= 15 is 0 Å². The highest BCUT2D eigenvalue weighted by atomic mass is 35.5. The first-order chi connectivity index (χ1) is 10.7. The number of amides is 1. The second kappa shape index (κ2) is 9.01. The van der Waals surface area contributed by atoms with Gasteiger partial charge in [-0.2, -0.15) is 5.10 Å². The number of hydrogen-bond donors (Lipinski definition) is 1. The van der Waals surface area contributed by atoms with Crippen LogP contribution < -0.4 is 5.73 Å². The molecule has 2 aromatic rings. The molecule has 0 spiro atoms. The van der Waals surface area contributed by atoms with Crippen LogP contribution >= 0.6 is 24.8 Å². The molecule has 2 N–H and O–H groups in total. The summed E-state index contributed by atoms with van der Waals surface area (Å²) in [4.78, 5) is 18.9. The summed E-state index contributed by atoms with van der Waals surface area (Å²) in [6.07, 6.45) is 8.30. The summed E-state index contributed by atoms with van der Waals surface area (Å²) in [6, 6.07) is 5.53. The van der Waals surface area contributed by atoms with Crippen molar-refractivity contribution in [3.8, 4) is 5.69 Å². The Morgan fingerprint density at radius 3 is 2.79 bits per heavy atom. The van der Waals surface area contributed by atoms with Gasteiger partial charge in [0.2, 0.25) is 0 Å². The number of halogens is 2. The zero-order valence-electron chi connectivity index (χ0n) is 13.5. The molecular formula is C16H23Cl2N5O. The van der Waals surface area contributed by atoms with E-state index in [1.54, 1.807) is 23.1 Å². The third-order valence-electron chi connectivity index (χ3n) is 4.15. The highest BCUT2D eigenvalue weighted by molar-refractivity contribution is 5.93. The van der Waals surface area contributed by atoms with Crippen molar-refractivity contribution in [2.45, 2.75) is 38.3 Å². The molecule has 1 aliphatic rings. The molecule has 6 nitrogen and oxygen atoms in total. The van der Waals surface area contributed by atoms with Crippen molar-refractivity contribution in [1.29, 1.82) is 0 Å². The number of carbonyl (C=O) groups excluding carboxylic acids is 1. The van der Waals surface area contributed by atoms with Gasteiger partial charge in [-0.15, -0.1) is 24.8 Å². The highest BCUT2D eigenvalue weighted by Gasteiger charge is 2.30. The number of pyridine rings is 1. The Kier molecular flexibility index (Phi) is 7.66. The number of nitrogens with two attached hydrogens (primary N) is 1. The van der Waals surface area contributed by atoms with Crippen molar-refractivity contribution in [1.82, 2.24) is 19.7 Å². The van der Waals surface area contributed by atoms with Gasteiger partial charge in [-0.1, -0.05) is 0 Å². The Labute approximate surface area is 154 Å². The van der Waals surface area contributed by atoms with E-state index in [4.69, 9.17) is 5.73 Å². The van der Waals surface area contributed by atoms with Crippen LogP contribution in [0.4, 0.5) is 0 Å². The van der Waals surface area contributed by atoms with Gasteiger partial charge in [0, 0.05) is 37.2 Å². The first kappa shape index (κ1) is 20.4. The number of likely N-dealkylation sites (tertiary alicyclic amines) is 1. The number of aromatic nitrogens is 3. The summed E-state index contributed by atoms with van der Waals surface area (Å²) in [5, 5.41) is 4.19. The van der Waals surface area contributed by atoms with E-state index in [9.17, 15) is 4.79 Å². The molecule has 1 amide bonds. The molecule has 1 fully saturated rings. The molecule has 1 saturated heterocycles. The summed E-state index contributed by atoms with van der Waals surface area (Å²) < 4.78 is 1.72. The number of rotatable bonds is 3. The maximum atomic E-state index is 12.8. The van der Waals surface area contributed by atoms with Gasteiger partial charge in [-0.3, -0.25) is 9.78 Å². The minimum absolute atomic E-state index is 0. The second-order valence-corrected chi connectivity index (χ2v) is 5.77. The molecular weight excluding hydrogens is 349 g/mol. The van der Waals surface area contributed by atoms with Crippen LogP contribution in [0, 0.1) is 0 Å². The number of carbonyl (C=O) groups is 1. The highest BCUT2D eigenvalue weighted by Crippen LogP contribution is 2.21. The minimum atomic E-state index is -0.0454. The van der Waals surface area contributed by atoms with Crippen LogP contribution in [0.1, 0.15) is 36.7 Å². The first-order valence-corrected chi connectivity index (χ1v) is 7.69. The van der Waals surface area contributed by atoms with Crippen molar-refractivity contribution in [3.63, 3.8) is 0 Å². The van der Waals surface area contributed by atoms with E-state index in [2.05, 4.69) is 10.1 Å². The van der Waals surface area contributed by atoms with E-state index in [1.165, 1.54) is 0 Å². The van der Waals surface area contributed by atoms with Crippen LogP contribution in [0.2, 0.25) is 0 Å². The zero-order valence-corrected chi connectivity index (χ0v) is 15.2. The van der Waals surface area contributed by atoms with Crippen molar-refractivity contribution >= 4 is 30.7 Å². The molecule has 2 aromatic heterocycles. The molecule has 3 heterocycles. The Morgan fingerprint density at radius 2 is 2.12 bits per heavy atom. The topological polar surface area (TPSA) is 77.0 Å². The molecule has 8 heteroatoms. The van der Waals surface area contributed by atoms with Gasteiger partial charge < -0.3 is 10.6 Å². The van der Waals surface area contributed by atoms with Gasteiger partial charge in [0.05, 0.1) is 5.69 Å². The van der Waals surface area contributed by atoms with Crippen molar-refractivity contribution in [2.75, 3.05) is 6.54 Å². The third kappa shape index (κ3) is 4.26. The first-order valence-electron chi connectivity index (χ1n) is 7.69. The molecule has 0 bridgehead atoms. The van der Waals surface area contributed by atoms with Crippen LogP contribution in [-0.4, -0.2) is 44.2 Å². The summed E-state index contributed by atoms with van der Waals surface area (Å²) in [5.74, 6) is -0.0454. The lowest BCUT2D eigenvalue weighted by Crippen LogP contribution is -2.51. The third-order valence-corrected chi connectivity index (χ3v) is 4.15. The maximum absolute atomic E-state index is 12.8. The van der Waals surface area contributed by atoms with Gasteiger partial charge in [0.15, 0.2) is 0 Å². The molecule has 0 radical (unpaired) electrons. The van der Waals surface area contributed by atoms with Crippen LogP contribution in [0.25, 0.3) is 5.69 Å². The summed E-state index contributed by atoms with van der Waals surface area (Å²) in [6.45, 7) is 2.71. The summed E-state index contributed by atoms with van der Waals surface area (Å²) >= 11 is 0. The Hall–Kier alpha value is -1.63. The molecule has 0 aromatic carbocycles. The average Bonchev–Trinajstić information content (AvgIpc) is 3.09.